The number of anilines is 1. The number of nitro groups is 1. The lowest BCUT2D eigenvalue weighted by atomic mass is 10.2. The lowest BCUT2D eigenvalue weighted by Crippen LogP contribution is -2.27. The molecular weight excluding hydrogens is 304 g/mol. The van der Waals surface area contributed by atoms with Crippen LogP contribution >= 0.6 is 0 Å². The summed E-state index contributed by atoms with van der Waals surface area (Å²) in [6.45, 7) is 3.57. The Labute approximate surface area is 129 Å². The largest absolute Gasteiger partial charge is 0.293 e. The van der Waals surface area contributed by atoms with E-state index in [1.165, 1.54) is 31.3 Å². The lowest BCUT2D eigenvalue weighted by Gasteiger charge is -2.19. The molecule has 0 unspecified atom stereocenters. The van der Waals surface area contributed by atoms with E-state index in [1.807, 2.05) is 6.92 Å². The van der Waals surface area contributed by atoms with Crippen molar-refractivity contribution < 1.29 is 13.3 Å². The van der Waals surface area contributed by atoms with Crippen LogP contribution in [-0.2, 0) is 10.0 Å². The Kier molecular flexibility index (Phi) is 4.18. The second-order valence-electron chi connectivity index (χ2n) is 5.03. The van der Waals surface area contributed by atoms with E-state index in [2.05, 4.69) is 0 Å². The minimum atomic E-state index is -3.85. The molecule has 6 nitrogen and oxygen atoms in total. The fourth-order valence-corrected chi connectivity index (χ4v) is 3.25. The summed E-state index contributed by atoms with van der Waals surface area (Å²) in [6, 6.07) is 10.8. The summed E-state index contributed by atoms with van der Waals surface area (Å²) < 4.78 is 26.2. The Morgan fingerprint density at radius 2 is 1.55 bits per heavy atom. The number of hydrogen-bond donors (Lipinski definition) is 0. The highest BCUT2D eigenvalue weighted by Crippen LogP contribution is 2.31. The number of rotatable bonds is 4. The Hall–Kier alpha value is -2.41. The zero-order valence-corrected chi connectivity index (χ0v) is 13.3. The molecule has 116 valence electrons. The number of sulfonamides is 1. The highest BCUT2D eigenvalue weighted by atomic mass is 32.2. The van der Waals surface area contributed by atoms with Gasteiger partial charge in [-0.2, -0.15) is 0 Å². The molecule has 0 fully saturated rings. The van der Waals surface area contributed by atoms with E-state index < -0.39 is 14.9 Å². The van der Waals surface area contributed by atoms with Gasteiger partial charge in [0.05, 0.1) is 9.82 Å². The molecule has 0 aromatic heterocycles. The van der Waals surface area contributed by atoms with Crippen LogP contribution in [0.4, 0.5) is 11.4 Å². The quantitative estimate of drug-likeness (QED) is 0.640. The van der Waals surface area contributed by atoms with Crippen molar-refractivity contribution in [2.24, 2.45) is 0 Å². The maximum atomic E-state index is 12.6. The van der Waals surface area contributed by atoms with Crippen LogP contribution in [0.3, 0.4) is 0 Å². The van der Waals surface area contributed by atoms with E-state index in [-0.39, 0.29) is 16.3 Å². The minimum Gasteiger partial charge on any atom is -0.262 e. The van der Waals surface area contributed by atoms with Crippen molar-refractivity contribution in [2.75, 3.05) is 11.4 Å². The summed E-state index contributed by atoms with van der Waals surface area (Å²) >= 11 is 0. The molecular formula is C15H16N2O4S. The molecule has 0 atom stereocenters. The Bertz CT molecular complexity index is 814. The molecule has 0 saturated carbocycles. The first-order valence-electron chi connectivity index (χ1n) is 6.54. The third kappa shape index (κ3) is 2.94. The van der Waals surface area contributed by atoms with Gasteiger partial charge in [0.25, 0.3) is 15.7 Å². The fourth-order valence-electron chi connectivity index (χ4n) is 2.04. The van der Waals surface area contributed by atoms with Crippen LogP contribution in [0.5, 0.6) is 0 Å². The van der Waals surface area contributed by atoms with Crippen molar-refractivity contribution >= 4 is 21.4 Å². The molecule has 22 heavy (non-hydrogen) atoms. The molecule has 0 N–H and O–H groups in total. The molecule has 0 aliphatic carbocycles. The van der Waals surface area contributed by atoms with Gasteiger partial charge in [-0.3, -0.25) is 14.4 Å². The van der Waals surface area contributed by atoms with E-state index in [0.717, 1.165) is 9.87 Å². The van der Waals surface area contributed by atoms with Crippen LogP contribution in [0.25, 0.3) is 0 Å². The van der Waals surface area contributed by atoms with Gasteiger partial charge in [0, 0.05) is 13.1 Å². The predicted molar refractivity (Wildman–Crippen MR) is 84.6 cm³/mol. The average molecular weight is 320 g/mol. The fraction of sp³-hybridized carbons (Fsp3) is 0.200. The van der Waals surface area contributed by atoms with E-state index in [0.29, 0.717) is 5.56 Å². The number of benzene rings is 2. The third-order valence-electron chi connectivity index (χ3n) is 3.35. The molecule has 0 spiro atoms. The summed E-state index contributed by atoms with van der Waals surface area (Å²) in [5.41, 5.74) is 1.42. The normalized spacial score (nSPS) is 11.2. The van der Waals surface area contributed by atoms with E-state index in [4.69, 9.17) is 0 Å². The number of hydrogen-bond acceptors (Lipinski definition) is 4. The molecule has 0 radical (unpaired) electrons. The average Bonchev–Trinajstić information content (AvgIpc) is 2.46. The standard InChI is InChI=1S/C15H16N2O4S/c1-11-4-7-13(8-5-11)22(20,21)16(3)14-9-6-12(2)10-15(14)17(18)19/h4-10H,1-3H3. The smallest absolute Gasteiger partial charge is 0.262 e. The lowest BCUT2D eigenvalue weighted by molar-refractivity contribution is -0.384. The monoisotopic (exact) mass is 320 g/mol. The third-order valence-corrected chi connectivity index (χ3v) is 5.13. The number of aryl methyl sites for hydroxylation is 2. The first-order valence-corrected chi connectivity index (χ1v) is 7.98. The van der Waals surface area contributed by atoms with E-state index in [1.54, 1.807) is 25.1 Å². The summed E-state index contributed by atoms with van der Waals surface area (Å²) in [6.07, 6.45) is 0. The Morgan fingerprint density at radius 1 is 1.00 bits per heavy atom. The molecule has 0 amide bonds. The van der Waals surface area contributed by atoms with E-state index in [9.17, 15) is 18.5 Å². The van der Waals surface area contributed by atoms with E-state index >= 15 is 0 Å². The Balaban J connectivity index is 2.53. The molecule has 0 aliphatic heterocycles. The van der Waals surface area contributed by atoms with Crippen molar-refractivity contribution in [1.82, 2.24) is 0 Å². The molecule has 2 rings (SSSR count). The highest BCUT2D eigenvalue weighted by Gasteiger charge is 2.27. The number of nitro benzene ring substituents is 1. The predicted octanol–water partition coefficient (Wildman–Crippen LogP) is 3.04. The maximum Gasteiger partial charge on any atom is 0.293 e. The molecule has 2 aromatic carbocycles. The molecule has 0 saturated heterocycles. The van der Waals surface area contributed by atoms with Gasteiger partial charge in [0.15, 0.2) is 0 Å². The molecule has 2 aromatic rings. The first-order chi connectivity index (χ1) is 10.2. The summed E-state index contributed by atoms with van der Waals surface area (Å²) in [5, 5.41) is 11.2. The van der Waals surface area contributed by atoms with Crippen molar-refractivity contribution in [2.45, 2.75) is 18.7 Å². The second kappa shape index (κ2) is 5.76. The van der Waals surface area contributed by atoms with Gasteiger partial charge in [-0.15, -0.1) is 0 Å². The molecule has 7 heteroatoms. The Morgan fingerprint density at radius 3 is 2.09 bits per heavy atom. The molecule has 0 bridgehead atoms. The van der Waals surface area contributed by atoms with Crippen LogP contribution < -0.4 is 4.31 Å². The van der Waals surface area contributed by atoms with Gasteiger partial charge in [-0.05, 0) is 37.6 Å². The summed E-state index contributed by atoms with van der Waals surface area (Å²) in [4.78, 5) is 10.7. The van der Waals surface area contributed by atoms with Crippen LogP contribution in [0, 0.1) is 24.0 Å². The second-order valence-corrected chi connectivity index (χ2v) is 7.00. The van der Waals surface area contributed by atoms with Gasteiger partial charge in [0.2, 0.25) is 0 Å². The number of nitrogens with zero attached hydrogens (tertiary/aromatic N) is 2. The van der Waals surface area contributed by atoms with Gasteiger partial charge >= 0.3 is 0 Å². The summed E-state index contributed by atoms with van der Waals surface area (Å²) in [7, 11) is -2.54. The van der Waals surface area contributed by atoms with Crippen molar-refractivity contribution in [1.29, 1.82) is 0 Å². The van der Waals surface area contributed by atoms with Gasteiger partial charge in [0.1, 0.15) is 5.69 Å². The van der Waals surface area contributed by atoms with Gasteiger partial charge in [-0.1, -0.05) is 23.8 Å². The SMILES string of the molecule is Cc1ccc(S(=O)(=O)N(C)c2ccc(C)cc2[N+](=O)[O-])cc1. The van der Waals surface area contributed by atoms with Crippen molar-refractivity contribution in [3.8, 4) is 0 Å². The maximum absolute atomic E-state index is 12.6. The molecule has 0 heterocycles. The zero-order valence-electron chi connectivity index (χ0n) is 12.5. The van der Waals surface area contributed by atoms with Crippen LogP contribution in [0.1, 0.15) is 11.1 Å². The summed E-state index contributed by atoms with van der Waals surface area (Å²) in [5.74, 6) is 0. The van der Waals surface area contributed by atoms with Crippen molar-refractivity contribution in [3.05, 3.63) is 63.7 Å². The van der Waals surface area contributed by atoms with Gasteiger partial charge in [-0.25, -0.2) is 8.42 Å². The van der Waals surface area contributed by atoms with Crippen LogP contribution in [0.2, 0.25) is 0 Å². The topological polar surface area (TPSA) is 80.5 Å². The highest BCUT2D eigenvalue weighted by molar-refractivity contribution is 7.92. The van der Waals surface area contributed by atoms with Crippen LogP contribution in [-0.4, -0.2) is 20.4 Å². The zero-order chi connectivity index (χ0) is 16.5. The first kappa shape index (κ1) is 16.0. The van der Waals surface area contributed by atoms with Crippen molar-refractivity contribution in [3.63, 3.8) is 0 Å². The van der Waals surface area contributed by atoms with Gasteiger partial charge < -0.3 is 0 Å². The minimum absolute atomic E-state index is 0.0381. The molecule has 0 aliphatic rings. The van der Waals surface area contributed by atoms with Crippen LogP contribution in [0.15, 0.2) is 47.4 Å².